The molecule has 0 atom stereocenters. The van der Waals surface area contributed by atoms with Crippen molar-refractivity contribution < 1.29 is 9.59 Å². The Balaban J connectivity index is 1.72. The van der Waals surface area contributed by atoms with Crippen LogP contribution in [0.1, 0.15) is 6.42 Å². The Labute approximate surface area is 117 Å². The van der Waals surface area contributed by atoms with Crippen LogP contribution in [0.2, 0.25) is 0 Å². The van der Waals surface area contributed by atoms with Crippen LogP contribution in [0.3, 0.4) is 0 Å². The number of nitrogens with zero attached hydrogens (tertiary/aromatic N) is 3. The molecule has 0 aliphatic carbocycles. The van der Waals surface area contributed by atoms with Crippen LogP contribution in [0.25, 0.3) is 0 Å². The third-order valence-corrected chi connectivity index (χ3v) is 3.54. The second kappa shape index (κ2) is 5.46. The summed E-state index contributed by atoms with van der Waals surface area (Å²) in [5, 5.41) is 5.60. The zero-order chi connectivity index (χ0) is 13.9. The van der Waals surface area contributed by atoms with Crippen molar-refractivity contribution in [2.45, 2.75) is 6.42 Å². The first kappa shape index (κ1) is 12.9. The number of carbonyl (C=O) groups is 2. The van der Waals surface area contributed by atoms with Crippen LogP contribution in [0.5, 0.6) is 0 Å². The highest BCUT2D eigenvalue weighted by molar-refractivity contribution is 6.05. The van der Waals surface area contributed by atoms with Gasteiger partial charge in [0.2, 0.25) is 5.91 Å². The summed E-state index contributed by atoms with van der Waals surface area (Å²) in [5.41, 5.74) is 1.06. The summed E-state index contributed by atoms with van der Waals surface area (Å²) >= 11 is 0. The molecule has 2 saturated heterocycles. The van der Waals surface area contributed by atoms with E-state index >= 15 is 0 Å². The Kier molecular flexibility index (Phi) is 3.51. The monoisotopic (exact) mass is 275 g/mol. The number of amides is 3. The van der Waals surface area contributed by atoms with Crippen molar-refractivity contribution in [3.05, 3.63) is 18.3 Å². The average Bonchev–Trinajstić information content (AvgIpc) is 2.48. The zero-order valence-corrected chi connectivity index (χ0v) is 11.1. The third kappa shape index (κ3) is 2.57. The molecular weight excluding hydrogens is 258 g/mol. The van der Waals surface area contributed by atoms with Gasteiger partial charge < -0.3 is 10.2 Å². The van der Waals surface area contributed by atoms with E-state index in [9.17, 15) is 9.59 Å². The van der Waals surface area contributed by atoms with Crippen molar-refractivity contribution in [2.75, 3.05) is 42.5 Å². The molecule has 0 aromatic carbocycles. The third-order valence-electron chi connectivity index (χ3n) is 3.54. The molecule has 7 heteroatoms. The molecule has 3 rings (SSSR count). The molecule has 0 radical (unpaired) electrons. The lowest BCUT2D eigenvalue weighted by Crippen LogP contribution is -2.50. The van der Waals surface area contributed by atoms with Crippen LogP contribution in [0.4, 0.5) is 16.3 Å². The minimum Gasteiger partial charge on any atom is -0.368 e. The molecule has 106 valence electrons. The van der Waals surface area contributed by atoms with E-state index in [0.717, 1.165) is 31.9 Å². The number of hydrogen-bond acceptors (Lipinski definition) is 5. The molecule has 7 nitrogen and oxygen atoms in total. The number of piperazine rings is 1. The summed E-state index contributed by atoms with van der Waals surface area (Å²) in [6.45, 7) is 4.24. The Morgan fingerprint density at radius 2 is 1.90 bits per heavy atom. The largest absolute Gasteiger partial charge is 0.368 e. The first-order valence-electron chi connectivity index (χ1n) is 6.77. The lowest BCUT2D eigenvalue weighted by atomic mass is 10.2. The Morgan fingerprint density at radius 3 is 2.55 bits per heavy atom. The van der Waals surface area contributed by atoms with E-state index in [1.54, 1.807) is 6.20 Å². The van der Waals surface area contributed by atoms with E-state index in [2.05, 4.69) is 20.5 Å². The second-order valence-electron chi connectivity index (χ2n) is 4.87. The van der Waals surface area contributed by atoms with Crippen LogP contribution in [0, 0.1) is 0 Å². The summed E-state index contributed by atoms with van der Waals surface area (Å²) in [6, 6.07) is 3.40. The molecular formula is C13H17N5O2. The number of aromatic nitrogens is 1. The highest BCUT2D eigenvalue weighted by Crippen LogP contribution is 2.19. The van der Waals surface area contributed by atoms with Crippen LogP contribution in [-0.2, 0) is 4.79 Å². The Morgan fingerprint density at radius 1 is 1.10 bits per heavy atom. The first-order valence-corrected chi connectivity index (χ1v) is 6.77. The van der Waals surface area contributed by atoms with Gasteiger partial charge >= 0.3 is 6.03 Å². The predicted octanol–water partition coefficient (Wildman–Crippen LogP) is -0.0625. The van der Waals surface area contributed by atoms with Crippen LogP contribution in [0.15, 0.2) is 18.3 Å². The van der Waals surface area contributed by atoms with E-state index in [1.165, 1.54) is 4.90 Å². The molecule has 0 unspecified atom stereocenters. The molecule has 2 aliphatic heterocycles. The first-order chi connectivity index (χ1) is 9.74. The summed E-state index contributed by atoms with van der Waals surface area (Å²) in [4.78, 5) is 30.9. The number of urea groups is 1. The van der Waals surface area contributed by atoms with Gasteiger partial charge in [0.15, 0.2) is 0 Å². The van der Waals surface area contributed by atoms with Gasteiger partial charge in [-0.15, -0.1) is 0 Å². The van der Waals surface area contributed by atoms with Gasteiger partial charge in [0.05, 0.1) is 11.9 Å². The van der Waals surface area contributed by atoms with Gasteiger partial charge in [-0.2, -0.15) is 0 Å². The van der Waals surface area contributed by atoms with Crippen LogP contribution < -0.4 is 20.4 Å². The maximum absolute atomic E-state index is 11.7. The highest BCUT2D eigenvalue weighted by atomic mass is 16.2. The van der Waals surface area contributed by atoms with Gasteiger partial charge in [0.25, 0.3) is 0 Å². The number of anilines is 2. The summed E-state index contributed by atoms with van der Waals surface area (Å²) in [7, 11) is 0. The number of rotatable bonds is 2. The Bertz CT molecular complexity index is 510. The lowest BCUT2D eigenvalue weighted by Gasteiger charge is -2.30. The number of pyridine rings is 1. The van der Waals surface area contributed by atoms with Crippen LogP contribution in [-0.4, -0.2) is 49.6 Å². The van der Waals surface area contributed by atoms with Crippen LogP contribution >= 0.6 is 0 Å². The topological polar surface area (TPSA) is 77.6 Å². The molecule has 3 amide bonds. The number of nitrogens with one attached hydrogen (secondary N) is 2. The molecule has 0 saturated carbocycles. The number of imide groups is 1. The molecule has 1 aromatic rings. The Hall–Kier alpha value is -2.15. The fourth-order valence-electron chi connectivity index (χ4n) is 2.43. The fraction of sp³-hybridized carbons (Fsp3) is 0.462. The quantitative estimate of drug-likeness (QED) is 0.790. The maximum atomic E-state index is 11.7. The predicted molar refractivity (Wildman–Crippen MR) is 74.8 cm³/mol. The SMILES string of the molecule is O=C1CCN(c2ccc(N3CCNCC3)cn2)C(=O)N1. The molecule has 0 spiro atoms. The van der Waals surface area contributed by atoms with Gasteiger partial charge in [-0.05, 0) is 12.1 Å². The average molecular weight is 275 g/mol. The van der Waals surface area contributed by atoms with Crippen molar-refractivity contribution in [2.24, 2.45) is 0 Å². The summed E-state index contributed by atoms with van der Waals surface area (Å²) in [5.74, 6) is 0.345. The highest BCUT2D eigenvalue weighted by Gasteiger charge is 2.25. The van der Waals surface area contributed by atoms with Crippen molar-refractivity contribution in [1.82, 2.24) is 15.6 Å². The summed E-state index contributed by atoms with van der Waals surface area (Å²) in [6.07, 6.45) is 2.09. The van der Waals surface area contributed by atoms with Crippen molar-refractivity contribution in [3.63, 3.8) is 0 Å². The van der Waals surface area contributed by atoms with Crippen molar-refractivity contribution in [1.29, 1.82) is 0 Å². The maximum Gasteiger partial charge on any atom is 0.329 e. The lowest BCUT2D eigenvalue weighted by molar-refractivity contribution is -0.120. The molecule has 0 bridgehead atoms. The molecule has 3 heterocycles. The minimum atomic E-state index is -0.399. The van der Waals surface area contributed by atoms with E-state index in [-0.39, 0.29) is 5.91 Å². The molecule has 1 aromatic heterocycles. The standard InChI is InChI=1S/C13H17N5O2/c19-12-3-6-18(13(20)16-12)11-2-1-10(9-15-11)17-7-4-14-5-8-17/h1-2,9,14H,3-8H2,(H,16,19,20). The number of hydrogen-bond donors (Lipinski definition) is 2. The van der Waals surface area contributed by atoms with E-state index in [0.29, 0.717) is 18.8 Å². The smallest absolute Gasteiger partial charge is 0.329 e. The van der Waals surface area contributed by atoms with Gasteiger partial charge in [-0.3, -0.25) is 15.0 Å². The van der Waals surface area contributed by atoms with Gasteiger partial charge in [0.1, 0.15) is 5.82 Å². The van der Waals surface area contributed by atoms with Gasteiger partial charge in [-0.25, -0.2) is 9.78 Å². The molecule has 20 heavy (non-hydrogen) atoms. The zero-order valence-electron chi connectivity index (χ0n) is 11.1. The second-order valence-corrected chi connectivity index (χ2v) is 4.87. The molecule has 2 N–H and O–H groups in total. The number of carbonyl (C=O) groups excluding carboxylic acids is 2. The fourth-order valence-corrected chi connectivity index (χ4v) is 2.43. The van der Waals surface area contributed by atoms with Gasteiger partial charge in [-0.1, -0.05) is 0 Å². The normalized spacial score (nSPS) is 20.0. The van der Waals surface area contributed by atoms with E-state index in [4.69, 9.17) is 0 Å². The van der Waals surface area contributed by atoms with Gasteiger partial charge in [0, 0.05) is 39.1 Å². The minimum absolute atomic E-state index is 0.233. The van der Waals surface area contributed by atoms with Crippen molar-refractivity contribution >= 4 is 23.4 Å². The summed E-state index contributed by atoms with van der Waals surface area (Å²) < 4.78 is 0. The molecule has 2 aliphatic rings. The van der Waals surface area contributed by atoms with E-state index < -0.39 is 6.03 Å². The van der Waals surface area contributed by atoms with Crippen molar-refractivity contribution in [3.8, 4) is 0 Å². The van der Waals surface area contributed by atoms with E-state index in [1.807, 2.05) is 12.1 Å². The molecule has 2 fully saturated rings.